The SMILES string of the molecule is O=C(N1CC2(CCC(N3CCC(c4ccccc4OCc4ncccn4)CC3)C2)C1)C1(F)CC1. The van der Waals surface area contributed by atoms with Crippen LogP contribution in [-0.4, -0.2) is 63.6 Å². The smallest absolute Gasteiger partial charge is 0.260 e. The van der Waals surface area contributed by atoms with Gasteiger partial charge in [0.1, 0.15) is 12.4 Å². The lowest BCUT2D eigenvalue weighted by atomic mass is 9.77. The molecule has 1 amide bonds. The van der Waals surface area contributed by atoms with E-state index in [0.717, 1.165) is 51.2 Å². The zero-order valence-corrected chi connectivity index (χ0v) is 19.7. The number of carbonyl (C=O) groups is 1. The number of hydrogen-bond acceptors (Lipinski definition) is 5. The van der Waals surface area contributed by atoms with Crippen LogP contribution in [0.2, 0.25) is 0 Å². The molecule has 1 atom stereocenters. The number of benzene rings is 1. The molecule has 1 unspecified atom stereocenters. The van der Waals surface area contributed by atoms with Gasteiger partial charge < -0.3 is 14.5 Å². The number of hydrogen-bond donors (Lipinski definition) is 0. The predicted molar refractivity (Wildman–Crippen MR) is 126 cm³/mol. The Kier molecular flexibility index (Phi) is 5.55. The van der Waals surface area contributed by atoms with Crippen LogP contribution in [0.15, 0.2) is 42.7 Å². The maximum Gasteiger partial charge on any atom is 0.260 e. The fraction of sp³-hybridized carbons (Fsp3) is 0.593. The average Bonchev–Trinajstić information content (AvgIpc) is 3.45. The topological polar surface area (TPSA) is 58.6 Å². The van der Waals surface area contributed by atoms with Crippen LogP contribution in [0.25, 0.3) is 0 Å². The molecular weight excluding hydrogens is 431 g/mol. The van der Waals surface area contributed by atoms with Crippen LogP contribution in [0.3, 0.4) is 0 Å². The zero-order chi connectivity index (χ0) is 23.2. The molecule has 2 aliphatic carbocycles. The predicted octanol–water partition coefficient (Wildman–Crippen LogP) is 4.12. The summed E-state index contributed by atoms with van der Waals surface area (Å²) >= 11 is 0. The van der Waals surface area contributed by atoms with Crippen molar-refractivity contribution in [1.82, 2.24) is 19.8 Å². The van der Waals surface area contributed by atoms with Gasteiger partial charge in [0.2, 0.25) is 0 Å². The molecule has 7 heteroatoms. The monoisotopic (exact) mass is 464 g/mol. The van der Waals surface area contributed by atoms with E-state index < -0.39 is 5.67 Å². The van der Waals surface area contributed by atoms with E-state index in [4.69, 9.17) is 4.74 Å². The number of aromatic nitrogens is 2. The summed E-state index contributed by atoms with van der Waals surface area (Å²) in [5.74, 6) is 1.88. The van der Waals surface area contributed by atoms with E-state index in [1.165, 1.54) is 18.4 Å². The Morgan fingerprint density at radius 2 is 1.76 bits per heavy atom. The van der Waals surface area contributed by atoms with Crippen molar-refractivity contribution < 1.29 is 13.9 Å². The Hall–Kier alpha value is -2.54. The third-order valence-electron chi connectivity index (χ3n) is 8.47. The van der Waals surface area contributed by atoms with Gasteiger partial charge in [-0.1, -0.05) is 18.2 Å². The largest absolute Gasteiger partial charge is 0.485 e. The fourth-order valence-corrected chi connectivity index (χ4v) is 6.36. The number of para-hydroxylation sites is 1. The van der Waals surface area contributed by atoms with Gasteiger partial charge >= 0.3 is 0 Å². The minimum Gasteiger partial charge on any atom is -0.485 e. The number of likely N-dealkylation sites (tertiary alicyclic amines) is 2. The van der Waals surface area contributed by atoms with Gasteiger partial charge in [-0.25, -0.2) is 14.4 Å². The van der Waals surface area contributed by atoms with Crippen molar-refractivity contribution in [2.45, 2.75) is 69.2 Å². The number of amides is 1. The molecule has 180 valence electrons. The van der Waals surface area contributed by atoms with Crippen LogP contribution >= 0.6 is 0 Å². The molecule has 2 aromatic rings. The van der Waals surface area contributed by atoms with Crippen LogP contribution in [0, 0.1) is 5.41 Å². The van der Waals surface area contributed by atoms with Crippen LogP contribution in [0.5, 0.6) is 5.75 Å². The standard InChI is InChI=1S/C27H33FN4O2/c28-27(10-11-27)25(33)32-18-26(19-32)9-6-21(16-26)31-14-7-20(8-15-31)22-4-1-2-5-23(22)34-17-24-29-12-3-13-30-24/h1-5,12-13,20-21H,6-11,14-19H2. The minimum atomic E-state index is -1.52. The number of rotatable bonds is 6. The summed E-state index contributed by atoms with van der Waals surface area (Å²) in [5.41, 5.74) is 0.00667. The Labute approximate surface area is 200 Å². The van der Waals surface area contributed by atoms with Gasteiger partial charge in [0.25, 0.3) is 5.91 Å². The molecule has 1 aromatic heterocycles. The van der Waals surface area contributed by atoms with Crippen LogP contribution in [0.4, 0.5) is 4.39 Å². The lowest BCUT2D eigenvalue weighted by molar-refractivity contribution is -0.150. The first-order chi connectivity index (χ1) is 16.5. The Morgan fingerprint density at radius 1 is 1.03 bits per heavy atom. The first kappa shape index (κ1) is 22.0. The number of piperidine rings is 1. The van der Waals surface area contributed by atoms with Gasteiger partial charge in [-0.15, -0.1) is 0 Å². The highest BCUT2D eigenvalue weighted by Crippen LogP contribution is 2.51. The molecule has 2 saturated heterocycles. The van der Waals surface area contributed by atoms with E-state index in [1.54, 1.807) is 17.3 Å². The summed E-state index contributed by atoms with van der Waals surface area (Å²) in [5, 5.41) is 0. The molecule has 1 aromatic carbocycles. The van der Waals surface area contributed by atoms with Crippen molar-refractivity contribution >= 4 is 5.91 Å². The number of nitrogens with zero attached hydrogens (tertiary/aromatic N) is 4. The maximum atomic E-state index is 14.1. The van der Waals surface area contributed by atoms with Gasteiger partial charge in [0.05, 0.1) is 0 Å². The molecule has 0 bridgehead atoms. The quantitative estimate of drug-likeness (QED) is 0.644. The minimum absolute atomic E-state index is 0.238. The molecule has 34 heavy (non-hydrogen) atoms. The van der Waals surface area contributed by atoms with Crippen molar-refractivity contribution in [3.63, 3.8) is 0 Å². The van der Waals surface area contributed by atoms with Gasteiger partial charge in [0, 0.05) is 36.9 Å². The molecule has 0 radical (unpaired) electrons. The van der Waals surface area contributed by atoms with Crippen molar-refractivity contribution in [2.24, 2.45) is 5.41 Å². The highest BCUT2D eigenvalue weighted by molar-refractivity contribution is 5.88. The molecule has 6 rings (SSSR count). The average molecular weight is 465 g/mol. The van der Waals surface area contributed by atoms with Gasteiger partial charge in [-0.3, -0.25) is 4.79 Å². The third kappa shape index (κ3) is 4.19. The molecule has 2 saturated carbocycles. The highest BCUT2D eigenvalue weighted by atomic mass is 19.1. The Morgan fingerprint density at radius 3 is 2.50 bits per heavy atom. The second-order valence-corrected chi connectivity index (χ2v) is 10.8. The van der Waals surface area contributed by atoms with Crippen LogP contribution < -0.4 is 4.74 Å². The second kappa shape index (κ2) is 8.59. The van der Waals surface area contributed by atoms with E-state index in [2.05, 4.69) is 33.1 Å². The van der Waals surface area contributed by atoms with Gasteiger partial charge in [-0.2, -0.15) is 0 Å². The number of halogens is 1. The fourth-order valence-electron chi connectivity index (χ4n) is 6.36. The maximum absolute atomic E-state index is 14.1. The third-order valence-corrected chi connectivity index (χ3v) is 8.47. The molecule has 2 aliphatic heterocycles. The van der Waals surface area contributed by atoms with E-state index >= 15 is 0 Å². The molecule has 1 spiro atoms. The lowest BCUT2D eigenvalue weighted by Gasteiger charge is -2.49. The highest BCUT2D eigenvalue weighted by Gasteiger charge is 2.58. The molecule has 3 heterocycles. The summed E-state index contributed by atoms with van der Waals surface area (Å²) < 4.78 is 20.2. The van der Waals surface area contributed by atoms with Gasteiger partial charge in [0.15, 0.2) is 11.5 Å². The van der Waals surface area contributed by atoms with Crippen molar-refractivity contribution in [3.8, 4) is 5.75 Å². The van der Waals surface area contributed by atoms with E-state index in [0.29, 0.717) is 37.2 Å². The van der Waals surface area contributed by atoms with Gasteiger partial charge in [-0.05, 0) is 81.6 Å². The summed E-state index contributed by atoms with van der Waals surface area (Å²) in [7, 11) is 0. The van der Waals surface area contributed by atoms with E-state index in [9.17, 15) is 9.18 Å². The normalized spacial score (nSPS) is 25.8. The summed E-state index contributed by atoms with van der Waals surface area (Å²) in [6.45, 7) is 4.10. The van der Waals surface area contributed by atoms with Crippen LogP contribution in [-0.2, 0) is 11.4 Å². The van der Waals surface area contributed by atoms with E-state index in [1.807, 2.05) is 12.1 Å². The van der Waals surface area contributed by atoms with Crippen molar-refractivity contribution in [1.29, 1.82) is 0 Å². The van der Waals surface area contributed by atoms with Crippen LogP contribution in [0.1, 0.15) is 62.3 Å². The second-order valence-electron chi connectivity index (χ2n) is 10.8. The molecule has 6 nitrogen and oxygen atoms in total. The molecule has 4 fully saturated rings. The Bertz CT molecular complexity index is 1030. The summed E-state index contributed by atoms with van der Waals surface area (Å²) in [4.78, 5) is 25.2. The summed E-state index contributed by atoms with van der Waals surface area (Å²) in [6.07, 6.45) is 10.1. The van der Waals surface area contributed by atoms with E-state index in [-0.39, 0.29) is 11.3 Å². The number of ether oxygens (including phenoxy) is 1. The number of alkyl halides is 1. The number of carbonyl (C=O) groups excluding carboxylic acids is 1. The summed E-state index contributed by atoms with van der Waals surface area (Å²) in [6, 6.07) is 10.8. The Balaban J connectivity index is 1.02. The lowest BCUT2D eigenvalue weighted by Crippen LogP contribution is -2.60. The van der Waals surface area contributed by atoms with Crippen molar-refractivity contribution in [2.75, 3.05) is 26.2 Å². The molecule has 4 aliphatic rings. The molecule has 0 N–H and O–H groups in total. The first-order valence-corrected chi connectivity index (χ1v) is 12.7. The first-order valence-electron chi connectivity index (χ1n) is 12.7. The zero-order valence-electron chi connectivity index (χ0n) is 19.7. The van der Waals surface area contributed by atoms with Crippen molar-refractivity contribution in [3.05, 3.63) is 54.1 Å². The molecular formula is C27H33FN4O2.